The minimum atomic E-state index is -0.641. The first kappa shape index (κ1) is 29.3. The van der Waals surface area contributed by atoms with Crippen molar-refractivity contribution in [2.75, 3.05) is 39.0 Å². The van der Waals surface area contributed by atoms with Gasteiger partial charge in [-0.25, -0.2) is 0 Å². The van der Waals surface area contributed by atoms with Crippen molar-refractivity contribution >= 4 is 46.7 Å². The van der Waals surface area contributed by atoms with Crippen molar-refractivity contribution < 1.29 is 14.4 Å². The Balaban J connectivity index is 1.40. The van der Waals surface area contributed by atoms with Crippen LogP contribution in [0.2, 0.25) is 0 Å². The average Bonchev–Trinajstić information content (AvgIpc) is 3.40. The molecule has 5 rings (SSSR count). The van der Waals surface area contributed by atoms with E-state index in [-0.39, 0.29) is 35.1 Å². The normalized spacial score (nSPS) is 30.2. The first-order valence-electron chi connectivity index (χ1n) is 14.4. The first-order valence-corrected chi connectivity index (χ1v) is 15.9. The van der Waals surface area contributed by atoms with Gasteiger partial charge in [-0.2, -0.15) is 0 Å². The van der Waals surface area contributed by atoms with Crippen LogP contribution in [0.25, 0.3) is 0 Å². The highest BCUT2D eigenvalue weighted by atomic mass is 32.2. The second-order valence-electron chi connectivity index (χ2n) is 12.1. The van der Waals surface area contributed by atoms with Gasteiger partial charge in [0.25, 0.3) is 0 Å². The minimum absolute atomic E-state index is 0.0591. The van der Waals surface area contributed by atoms with E-state index < -0.39 is 23.5 Å². The summed E-state index contributed by atoms with van der Waals surface area (Å²) in [5, 5.41) is 12.9. The van der Waals surface area contributed by atoms with Crippen molar-refractivity contribution in [3.63, 3.8) is 0 Å². The number of thiocarbonyl (C=S) groups is 1. The zero-order chi connectivity index (χ0) is 28.6. The second-order valence-corrected chi connectivity index (χ2v) is 13.8. The molecule has 1 aliphatic carbocycles. The van der Waals surface area contributed by atoms with E-state index in [4.69, 9.17) is 12.2 Å². The maximum absolute atomic E-state index is 14.3. The molecule has 11 heteroatoms. The zero-order valence-electron chi connectivity index (χ0n) is 23.9. The molecule has 0 spiro atoms. The van der Waals surface area contributed by atoms with Gasteiger partial charge in [0, 0.05) is 26.2 Å². The molecule has 1 aromatic rings. The molecule has 6 atom stereocenters. The lowest BCUT2D eigenvalue weighted by atomic mass is 9.83. The number of amides is 3. The predicted octanol–water partition coefficient (Wildman–Crippen LogP) is 1.43. The molecule has 0 bridgehead atoms. The molecule has 3 aliphatic heterocycles. The lowest BCUT2D eigenvalue weighted by Gasteiger charge is -2.36. The number of benzene rings is 1. The van der Waals surface area contributed by atoms with E-state index in [0.717, 1.165) is 36.4 Å². The minimum Gasteiger partial charge on any atom is -0.367 e. The van der Waals surface area contributed by atoms with Gasteiger partial charge in [0.1, 0.15) is 12.1 Å². The van der Waals surface area contributed by atoms with Crippen molar-refractivity contribution in [2.24, 2.45) is 11.3 Å². The van der Waals surface area contributed by atoms with Crippen molar-refractivity contribution in [1.82, 2.24) is 31.1 Å². The number of piperazine rings is 1. The van der Waals surface area contributed by atoms with Crippen LogP contribution in [0.1, 0.15) is 50.8 Å². The van der Waals surface area contributed by atoms with Gasteiger partial charge in [0.15, 0.2) is 0 Å². The SMILES string of the molecule is CN[C@@H](C)C(=S)N[C@H]1CCS[C@H]2CC(C)(C)[C@@H](C(=O)N[C@H]3c4ccccc4C[C@H]3C(=O)N3CCNCC3)N2C1=O. The highest BCUT2D eigenvalue weighted by Gasteiger charge is 2.55. The van der Waals surface area contributed by atoms with Crippen molar-refractivity contribution in [2.45, 2.75) is 69.6 Å². The molecule has 0 radical (unpaired) electrons. The van der Waals surface area contributed by atoms with Gasteiger partial charge in [-0.05, 0) is 55.5 Å². The standard InChI is InChI=1S/C29H42N6O3S2/c1-17(30-4)26(39)32-21-9-14-40-22-16-29(2,3)24(35(22)28(21)38)25(36)33-23-19-8-6-5-7-18(19)15-20(23)27(37)34-12-10-31-11-13-34/h5-8,17,20-24,30-31H,9-16H2,1-4H3,(H,32,39)(H,33,36)/t17-,20+,21-,22-,23-,24+/m0/s1. The van der Waals surface area contributed by atoms with E-state index in [1.165, 1.54) is 0 Å². The number of carbonyl (C=O) groups excluding carboxylic acids is 3. The van der Waals surface area contributed by atoms with Gasteiger partial charge in [0.2, 0.25) is 17.7 Å². The molecule has 3 heterocycles. The zero-order valence-corrected chi connectivity index (χ0v) is 25.5. The molecule has 3 amide bonds. The number of likely N-dealkylation sites (N-methyl/N-ethyl adjacent to an activating group) is 1. The summed E-state index contributed by atoms with van der Waals surface area (Å²) in [7, 11) is 1.84. The third kappa shape index (κ3) is 5.62. The molecule has 3 fully saturated rings. The van der Waals surface area contributed by atoms with Crippen LogP contribution in [-0.2, 0) is 20.8 Å². The molecular formula is C29H42N6O3S2. The van der Waals surface area contributed by atoms with Crippen LogP contribution in [0.3, 0.4) is 0 Å². The third-order valence-corrected chi connectivity index (χ3v) is 10.7. The fraction of sp³-hybridized carbons (Fsp3) is 0.655. The number of hydrogen-bond donors (Lipinski definition) is 4. The number of carbonyl (C=O) groups is 3. The second kappa shape index (κ2) is 12.0. The van der Waals surface area contributed by atoms with Crippen LogP contribution >= 0.6 is 24.0 Å². The first-order chi connectivity index (χ1) is 19.1. The van der Waals surface area contributed by atoms with Gasteiger partial charge >= 0.3 is 0 Å². The van der Waals surface area contributed by atoms with E-state index in [1.807, 2.05) is 42.0 Å². The third-order valence-electron chi connectivity index (χ3n) is 8.97. The summed E-state index contributed by atoms with van der Waals surface area (Å²) < 4.78 is 0. The van der Waals surface area contributed by atoms with Crippen LogP contribution < -0.4 is 21.3 Å². The topological polar surface area (TPSA) is 106 Å². The fourth-order valence-corrected chi connectivity index (χ4v) is 8.47. The maximum atomic E-state index is 14.3. The number of rotatable bonds is 6. The van der Waals surface area contributed by atoms with E-state index in [1.54, 1.807) is 11.8 Å². The number of hydrogen-bond acceptors (Lipinski definition) is 7. The van der Waals surface area contributed by atoms with Crippen LogP contribution in [0.4, 0.5) is 0 Å². The lowest BCUT2D eigenvalue weighted by Crippen LogP contribution is -2.58. The number of thioether (sulfide) groups is 1. The van der Waals surface area contributed by atoms with Gasteiger partial charge in [0.05, 0.1) is 28.4 Å². The summed E-state index contributed by atoms with van der Waals surface area (Å²) in [5.41, 5.74) is 1.68. The maximum Gasteiger partial charge on any atom is 0.246 e. The smallest absolute Gasteiger partial charge is 0.246 e. The monoisotopic (exact) mass is 586 g/mol. The van der Waals surface area contributed by atoms with Crippen molar-refractivity contribution in [3.8, 4) is 0 Å². The Morgan fingerprint density at radius 2 is 1.90 bits per heavy atom. The molecule has 0 saturated carbocycles. The quantitative estimate of drug-likeness (QED) is 0.371. The molecule has 218 valence electrons. The van der Waals surface area contributed by atoms with Gasteiger partial charge in [-0.15, -0.1) is 11.8 Å². The fourth-order valence-electron chi connectivity index (χ4n) is 6.63. The summed E-state index contributed by atoms with van der Waals surface area (Å²) in [5.74, 6) is 0.274. The van der Waals surface area contributed by atoms with E-state index in [9.17, 15) is 14.4 Å². The van der Waals surface area contributed by atoms with Gasteiger partial charge < -0.3 is 31.1 Å². The van der Waals surface area contributed by atoms with E-state index in [0.29, 0.717) is 30.9 Å². The van der Waals surface area contributed by atoms with Crippen LogP contribution in [0.15, 0.2) is 24.3 Å². The van der Waals surface area contributed by atoms with Crippen molar-refractivity contribution in [3.05, 3.63) is 35.4 Å². The number of fused-ring (bicyclic) bond motifs is 2. The summed E-state index contributed by atoms with van der Waals surface area (Å²) >= 11 is 7.30. The molecule has 9 nitrogen and oxygen atoms in total. The van der Waals surface area contributed by atoms with Crippen LogP contribution in [0, 0.1) is 11.3 Å². The lowest BCUT2D eigenvalue weighted by molar-refractivity contribution is -0.143. The summed E-state index contributed by atoms with van der Waals surface area (Å²) in [6.07, 6.45) is 1.99. The molecule has 1 aromatic carbocycles. The van der Waals surface area contributed by atoms with Crippen LogP contribution in [0.5, 0.6) is 0 Å². The van der Waals surface area contributed by atoms with Crippen molar-refractivity contribution in [1.29, 1.82) is 0 Å². The molecule has 0 unspecified atom stereocenters. The summed E-state index contributed by atoms with van der Waals surface area (Å²) in [4.78, 5) is 46.3. The molecule has 4 N–H and O–H groups in total. The summed E-state index contributed by atoms with van der Waals surface area (Å²) in [6.45, 7) is 9.00. The molecule has 4 aliphatic rings. The number of nitrogens with zero attached hydrogens (tertiary/aromatic N) is 2. The Morgan fingerprint density at radius 1 is 1.18 bits per heavy atom. The molecule has 0 aromatic heterocycles. The molecule has 3 saturated heterocycles. The van der Waals surface area contributed by atoms with Crippen LogP contribution in [-0.4, -0.2) is 95.0 Å². The predicted molar refractivity (Wildman–Crippen MR) is 162 cm³/mol. The Kier molecular flexibility index (Phi) is 8.75. The molecule has 40 heavy (non-hydrogen) atoms. The highest BCUT2D eigenvalue weighted by molar-refractivity contribution is 7.99. The Bertz CT molecular complexity index is 1160. The largest absolute Gasteiger partial charge is 0.367 e. The Labute approximate surface area is 246 Å². The summed E-state index contributed by atoms with van der Waals surface area (Å²) in [6, 6.07) is 6.42. The number of nitrogens with one attached hydrogen (secondary N) is 4. The Hall–Kier alpha value is -2.21. The van der Waals surface area contributed by atoms with Gasteiger partial charge in [-0.1, -0.05) is 50.3 Å². The Morgan fingerprint density at radius 3 is 2.62 bits per heavy atom. The van der Waals surface area contributed by atoms with E-state index in [2.05, 4.69) is 41.2 Å². The average molecular weight is 587 g/mol. The van der Waals surface area contributed by atoms with Gasteiger partial charge in [-0.3, -0.25) is 14.4 Å². The molecular weight excluding hydrogens is 544 g/mol. The highest BCUT2D eigenvalue weighted by Crippen LogP contribution is 2.47. The van der Waals surface area contributed by atoms with E-state index >= 15 is 0 Å².